The van der Waals surface area contributed by atoms with Gasteiger partial charge in [-0.25, -0.2) is 4.79 Å². The lowest BCUT2D eigenvalue weighted by Crippen LogP contribution is -2.57. The van der Waals surface area contributed by atoms with Gasteiger partial charge >= 0.3 is 6.03 Å². The van der Waals surface area contributed by atoms with E-state index in [1.807, 2.05) is 71.3 Å². The van der Waals surface area contributed by atoms with Crippen LogP contribution in [0.1, 0.15) is 31.2 Å². The third-order valence-corrected chi connectivity index (χ3v) is 7.59. The van der Waals surface area contributed by atoms with Crippen molar-refractivity contribution in [3.63, 3.8) is 0 Å². The number of nitro groups is 1. The maximum absolute atomic E-state index is 13.6. The van der Waals surface area contributed by atoms with Gasteiger partial charge in [0.05, 0.1) is 16.3 Å². The highest BCUT2D eigenvalue weighted by atomic mass is 16.6. The number of non-ortho nitro benzene ring substituents is 1. The quantitative estimate of drug-likeness (QED) is 0.135. The fourth-order valence-corrected chi connectivity index (χ4v) is 5.67. The molecule has 4 aromatic rings. The molecule has 2 aliphatic rings. The van der Waals surface area contributed by atoms with Crippen molar-refractivity contribution >= 4 is 29.6 Å². The first-order valence-corrected chi connectivity index (χ1v) is 13.4. The minimum Gasteiger partial charge on any atom is -0.309 e. The molecule has 1 saturated heterocycles. The lowest BCUT2D eigenvalue weighted by molar-refractivity contribution is -0.384. The number of amides is 4. The zero-order valence-corrected chi connectivity index (χ0v) is 22.0. The fourth-order valence-electron chi connectivity index (χ4n) is 5.67. The number of carbonyl (C=O) groups is 3. The van der Waals surface area contributed by atoms with E-state index in [0.717, 1.165) is 29.7 Å². The summed E-state index contributed by atoms with van der Waals surface area (Å²) >= 11 is 0. The summed E-state index contributed by atoms with van der Waals surface area (Å²) in [6.07, 6.45) is 4.81. The van der Waals surface area contributed by atoms with E-state index in [0.29, 0.717) is 29.8 Å². The van der Waals surface area contributed by atoms with Crippen molar-refractivity contribution in [1.82, 2.24) is 14.8 Å². The van der Waals surface area contributed by atoms with E-state index >= 15 is 0 Å². The van der Waals surface area contributed by atoms with E-state index in [-0.39, 0.29) is 17.3 Å². The van der Waals surface area contributed by atoms with E-state index in [1.165, 1.54) is 17.0 Å². The number of nitrogens with zero attached hydrogens (tertiary/aromatic N) is 3. The van der Waals surface area contributed by atoms with Crippen LogP contribution in [0.4, 0.5) is 10.5 Å². The van der Waals surface area contributed by atoms with Crippen LogP contribution >= 0.6 is 0 Å². The number of imide groups is 2. The largest absolute Gasteiger partial charge is 0.331 e. The van der Waals surface area contributed by atoms with Gasteiger partial charge in [-0.3, -0.25) is 29.9 Å². The average Bonchev–Trinajstić information content (AvgIpc) is 3.65. The standard InChI is InChI=1S/C32H26N4O5/c37-30-27(31(38)35(32(39)33-30)24-13-7-8-14-24)19-23-20-28(21-9-3-1-4-10-21)34(29(23)22-11-5-2-6-12-22)25-15-17-26(18-16-25)36(40)41/h1-6,9-12,15-20,24H,7-8,13-14H2,(H,33,37,39)/b27-19-. The maximum Gasteiger partial charge on any atom is 0.331 e. The Labute approximate surface area is 235 Å². The summed E-state index contributed by atoms with van der Waals surface area (Å²) in [6.45, 7) is 0. The topological polar surface area (TPSA) is 115 Å². The van der Waals surface area contributed by atoms with Crippen LogP contribution in [0.2, 0.25) is 0 Å². The number of benzene rings is 3. The Morgan fingerprint density at radius 1 is 0.829 bits per heavy atom. The SMILES string of the molecule is O=C1NC(=O)N(C2CCCC2)C(=O)/C1=C\c1cc(-c2ccccc2)n(-c2ccc([N+](=O)[O-])cc2)c1-c1ccccc1. The van der Waals surface area contributed by atoms with Crippen LogP contribution in [-0.2, 0) is 9.59 Å². The van der Waals surface area contributed by atoms with Crippen LogP contribution < -0.4 is 5.32 Å². The van der Waals surface area contributed by atoms with Gasteiger partial charge < -0.3 is 4.57 Å². The smallest absolute Gasteiger partial charge is 0.309 e. The lowest BCUT2D eigenvalue weighted by atomic mass is 10.0. The molecule has 204 valence electrons. The van der Waals surface area contributed by atoms with Crippen molar-refractivity contribution in [1.29, 1.82) is 0 Å². The van der Waals surface area contributed by atoms with Crippen molar-refractivity contribution in [2.24, 2.45) is 0 Å². The number of carbonyl (C=O) groups excluding carboxylic acids is 3. The molecule has 9 heteroatoms. The highest BCUT2D eigenvalue weighted by Gasteiger charge is 2.41. The molecule has 1 saturated carbocycles. The molecule has 1 aliphatic heterocycles. The molecule has 41 heavy (non-hydrogen) atoms. The van der Waals surface area contributed by atoms with Crippen LogP contribution in [0, 0.1) is 10.1 Å². The second kappa shape index (κ2) is 10.7. The van der Waals surface area contributed by atoms with E-state index in [4.69, 9.17) is 0 Å². The minimum absolute atomic E-state index is 0.0353. The number of aromatic nitrogens is 1. The molecule has 0 unspecified atom stereocenters. The summed E-state index contributed by atoms with van der Waals surface area (Å²) in [5, 5.41) is 13.7. The zero-order chi connectivity index (χ0) is 28.5. The minimum atomic E-state index is -0.738. The van der Waals surface area contributed by atoms with E-state index in [1.54, 1.807) is 18.2 Å². The number of nitrogens with one attached hydrogen (secondary N) is 1. The summed E-state index contributed by atoms with van der Waals surface area (Å²) in [5.74, 6) is -1.34. The Balaban J connectivity index is 1.58. The van der Waals surface area contributed by atoms with Gasteiger partial charge in [0.1, 0.15) is 5.57 Å². The molecule has 2 heterocycles. The van der Waals surface area contributed by atoms with Crippen LogP contribution in [-0.4, -0.2) is 38.3 Å². The molecule has 0 bridgehead atoms. The fraction of sp³-hybridized carbons (Fsp3) is 0.156. The Kier molecular flexibility index (Phi) is 6.76. The highest BCUT2D eigenvalue weighted by Crippen LogP contribution is 2.38. The average molecular weight is 547 g/mol. The summed E-state index contributed by atoms with van der Waals surface area (Å²) in [5.41, 5.74) is 4.24. The molecule has 6 rings (SSSR count). The molecule has 0 atom stereocenters. The number of hydrogen-bond acceptors (Lipinski definition) is 5. The van der Waals surface area contributed by atoms with E-state index < -0.39 is 22.8 Å². The Hall–Kier alpha value is -5.31. The van der Waals surface area contributed by atoms with Crippen molar-refractivity contribution < 1.29 is 19.3 Å². The van der Waals surface area contributed by atoms with Crippen molar-refractivity contribution in [2.45, 2.75) is 31.7 Å². The predicted octanol–water partition coefficient (Wildman–Crippen LogP) is 6.12. The van der Waals surface area contributed by atoms with Crippen LogP contribution in [0.15, 0.2) is 96.6 Å². The normalized spacial score (nSPS) is 16.8. The maximum atomic E-state index is 13.6. The van der Waals surface area contributed by atoms with Gasteiger partial charge in [-0.2, -0.15) is 0 Å². The van der Waals surface area contributed by atoms with E-state index in [2.05, 4.69) is 5.32 Å². The molecule has 1 N–H and O–H groups in total. The molecular weight excluding hydrogens is 520 g/mol. The number of barbiturate groups is 1. The monoisotopic (exact) mass is 546 g/mol. The molecule has 4 amide bonds. The summed E-state index contributed by atoms with van der Waals surface area (Å²) in [6, 6.07) is 26.3. The molecule has 3 aromatic carbocycles. The second-order valence-electron chi connectivity index (χ2n) is 10.1. The van der Waals surface area contributed by atoms with Crippen LogP contribution in [0.5, 0.6) is 0 Å². The molecule has 9 nitrogen and oxygen atoms in total. The Bertz CT molecular complexity index is 1690. The first-order chi connectivity index (χ1) is 19.9. The summed E-state index contributed by atoms with van der Waals surface area (Å²) in [4.78, 5) is 51.4. The Morgan fingerprint density at radius 2 is 1.44 bits per heavy atom. The van der Waals surface area contributed by atoms with Crippen molar-refractivity contribution in [3.8, 4) is 28.2 Å². The van der Waals surface area contributed by atoms with Crippen LogP contribution in [0.3, 0.4) is 0 Å². The van der Waals surface area contributed by atoms with Gasteiger partial charge in [0.15, 0.2) is 0 Å². The van der Waals surface area contributed by atoms with Gasteiger partial charge in [-0.15, -0.1) is 0 Å². The summed E-state index contributed by atoms with van der Waals surface area (Å²) < 4.78 is 1.96. The Morgan fingerprint density at radius 3 is 2.05 bits per heavy atom. The predicted molar refractivity (Wildman–Crippen MR) is 154 cm³/mol. The highest BCUT2D eigenvalue weighted by molar-refractivity contribution is 6.31. The molecule has 1 aliphatic carbocycles. The van der Waals surface area contributed by atoms with E-state index in [9.17, 15) is 24.5 Å². The van der Waals surface area contributed by atoms with Gasteiger partial charge in [-0.1, -0.05) is 73.5 Å². The first kappa shape index (κ1) is 25.9. The number of urea groups is 1. The van der Waals surface area contributed by atoms with Gasteiger partial charge in [-0.05, 0) is 48.2 Å². The second-order valence-corrected chi connectivity index (χ2v) is 10.1. The number of rotatable bonds is 6. The van der Waals surface area contributed by atoms with Gasteiger partial charge in [0, 0.05) is 29.4 Å². The van der Waals surface area contributed by atoms with Gasteiger partial charge in [0.2, 0.25) is 0 Å². The molecule has 1 aromatic heterocycles. The van der Waals surface area contributed by atoms with Crippen molar-refractivity contribution in [2.75, 3.05) is 0 Å². The third kappa shape index (κ3) is 4.82. The number of nitro benzene ring substituents is 1. The molecule has 0 spiro atoms. The summed E-state index contributed by atoms with van der Waals surface area (Å²) in [7, 11) is 0. The third-order valence-electron chi connectivity index (χ3n) is 7.59. The van der Waals surface area contributed by atoms with Crippen LogP contribution in [0.25, 0.3) is 34.3 Å². The molecule has 2 fully saturated rings. The molecular formula is C32H26N4O5. The van der Waals surface area contributed by atoms with Crippen molar-refractivity contribution in [3.05, 3.63) is 112 Å². The first-order valence-electron chi connectivity index (χ1n) is 13.4. The van der Waals surface area contributed by atoms with Gasteiger partial charge in [0.25, 0.3) is 17.5 Å². The number of hydrogen-bond donors (Lipinski definition) is 1. The lowest BCUT2D eigenvalue weighted by Gasteiger charge is -2.31. The zero-order valence-electron chi connectivity index (χ0n) is 22.0. The molecule has 0 radical (unpaired) electrons.